The molecular formula is C23H28N2O3. The molecule has 5 heteroatoms. The van der Waals surface area contributed by atoms with Crippen LogP contribution in [0.3, 0.4) is 0 Å². The summed E-state index contributed by atoms with van der Waals surface area (Å²) in [5.74, 6) is 0.584. The van der Waals surface area contributed by atoms with Crippen LogP contribution < -0.4 is 11.2 Å². The van der Waals surface area contributed by atoms with Crippen LogP contribution in [0.5, 0.6) is 0 Å². The lowest BCUT2D eigenvalue weighted by molar-refractivity contribution is 0.0937. The van der Waals surface area contributed by atoms with Gasteiger partial charge in [0, 0.05) is 29.5 Å². The number of nitrogens with one attached hydrogen (secondary N) is 1. The van der Waals surface area contributed by atoms with E-state index in [-0.39, 0.29) is 18.2 Å². The van der Waals surface area contributed by atoms with Crippen LogP contribution in [0.4, 0.5) is 0 Å². The van der Waals surface area contributed by atoms with E-state index in [1.54, 1.807) is 4.57 Å². The summed E-state index contributed by atoms with van der Waals surface area (Å²) in [5.41, 5.74) is 3.03. The predicted molar refractivity (Wildman–Crippen MR) is 112 cm³/mol. The van der Waals surface area contributed by atoms with Crippen molar-refractivity contribution in [2.75, 3.05) is 6.61 Å². The zero-order valence-electron chi connectivity index (χ0n) is 16.8. The number of H-pyrrole nitrogens is 1. The van der Waals surface area contributed by atoms with E-state index in [1.165, 1.54) is 5.57 Å². The first kappa shape index (κ1) is 20.1. The second kappa shape index (κ2) is 9.02. The largest absolute Gasteiger partial charge is 0.357 e. The molecule has 0 saturated heterocycles. The Kier molecular flexibility index (Phi) is 6.47. The number of rotatable bonds is 7. The molecule has 2 unspecified atom stereocenters. The van der Waals surface area contributed by atoms with Crippen LogP contribution in [0.25, 0.3) is 0 Å². The predicted octanol–water partition coefficient (Wildman–Crippen LogP) is 3.44. The standard InChI is InChI=1S/C23H28N2O3/c1-4-19-21(14-18-10-7-9-17-8-5-6-11-20(17)18)25(23(27)24-22(19)26)15-28-13-12-16(2)3/h5-12,17,20H,4,13-15H2,1-3H3,(H,24,26,27). The van der Waals surface area contributed by atoms with Crippen LogP contribution in [0.2, 0.25) is 0 Å². The first-order chi connectivity index (χ1) is 13.5. The molecule has 5 nitrogen and oxygen atoms in total. The lowest BCUT2D eigenvalue weighted by atomic mass is 9.78. The molecule has 0 spiro atoms. The van der Waals surface area contributed by atoms with E-state index in [4.69, 9.17) is 4.74 Å². The quantitative estimate of drug-likeness (QED) is 0.582. The van der Waals surface area contributed by atoms with Crippen LogP contribution in [-0.4, -0.2) is 16.2 Å². The highest BCUT2D eigenvalue weighted by Crippen LogP contribution is 2.33. The zero-order chi connectivity index (χ0) is 20.1. The summed E-state index contributed by atoms with van der Waals surface area (Å²) < 4.78 is 7.26. The van der Waals surface area contributed by atoms with Gasteiger partial charge in [-0.15, -0.1) is 0 Å². The van der Waals surface area contributed by atoms with Gasteiger partial charge >= 0.3 is 5.69 Å². The van der Waals surface area contributed by atoms with E-state index in [1.807, 2.05) is 26.8 Å². The normalized spacial score (nSPS) is 20.0. The molecule has 1 aromatic heterocycles. The number of fused-ring (bicyclic) bond motifs is 1. The van der Waals surface area contributed by atoms with Crippen molar-refractivity contribution >= 4 is 0 Å². The number of aromatic nitrogens is 2. The van der Waals surface area contributed by atoms with Crippen molar-refractivity contribution in [1.82, 2.24) is 9.55 Å². The fourth-order valence-electron chi connectivity index (χ4n) is 3.70. The summed E-state index contributed by atoms with van der Waals surface area (Å²) in [6.07, 6.45) is 17.9. The molecule has 2 atom stereocenters. The Balaban J connectivity index is 1.95. The Labute approximate surface area is 165 Å². The van der Waals surface area contributed by atoms with Crippen molar-refractivity contribution < 1.29 is 4.74 Å². The van der Waals surface area contributed by atoms with Crippen molar-refractivity contribution in [2.45, 2.75) is 40.3 Å². The average molecular weight is 380 g/mol. The van der Waals surface area contributed by atoms with Crippen LogP contribution in [-0.2, 0) is 24.3 Å². The Morgan fingerprint density at radius 2 is 1.93 bits per heavy atom. The Hall–Kier alpha value is -2.66. The molecule has 2 aliphatic carbocycles. The van der Waals surface area contributed by atoms with E-state index >= 15 is 0 Å². The van der Waals surface area contributed by atoms with Crippen LogP contribution in [0, 0.1) is 11.8 Å². The SMILES string of the molecule is CCc1c(CC2=CC=CC3C=CC=CC23)n(COCC=C(C)C)c(=O)[nH]c1=O. The molecule has 1 heterocycles. The number of allylic oxidation sites excluding steroid dienone is 9. The van der Waals surface area contributed by atoms with Crippen molar-refractivity contribution in [3.05, 3.63) is 91.8 Å². The fraction of sp³-hybridized carbons (Fsp3) is 0.391. The van der Waals surface area contributed by atoms with E-state index in [0.29, 0.717) is 30.9 Å². The van der Waals surface area contributed by atoms with Crippen molar-refractivity contribution in [3.8, 4) is 0 Å². The van der Waals surface area contributed by atoms with Crippen molar-refractivity contribution in [3.63, 3.8) is 0 Å². The molecule has 0 amide bonds. The van der Waals surface area contributed by atoms with E-state index < -0.39 is 5.69 Å². The number of aromatic amines is 1. The van der Waals surface area contributed by atoms with Gasteiger partial charge in [0.05, 0.1) is 6.61 Å². The van der Waals surface area contributed by atoms with E-state index in [2.05, 4.69) is 47.5 Å². The minimum absolute atomic E-state index is 0.120. The highest BCUT2D eigenvalue weighted by molar-refractivity contribution is 5.37. The molecule has 0 aliphatic heterocycles. The lowest BCUT2D eigenvalue weighted by Crippen LogP contribution is -2.36. The van der Waals surface area contributed by atoms with Gasteiger partial charge in [-0.25, -0.2) is 4.79 Å². The van der Waals surface area contributed by atoms with Gasteiger partial charge in [0.15, 0.2) is 0 Å². The molecule has 148 valence electrons. The third kappa shape index (κ3) is 4.42. The molecule has 1 N–H and O–H groups in total. The maximum absolute atomic E-state index is 12.5. The lowest BCUT2D eigenvalue weighted by Gasteiger charge is -2.28. The highest BCUT2D eigenvalue weighted by Gasteiger charge is 2.25. The van der Waals surface area contributed by atoms with Gasteiger partial charge in [0.2, 0.25) is 0 Å². The fourth-order valence-corrected chi connectivity index (χ4v) is 3.70. The Morgan fingerprint density at radius 3 is 2.68 bits per heavy atom. The second-order valence-electron chi connectivity index (χ2n) is 7.42. The monoisotopic (exact) mass is 380 g/mol. The van der Waals surface area contributed by atoms with E-state index in [9.17, 15) is 9.59 Å². The van der Waals surface area contributed by atoms with Crippen LogP contribution in [0.1, 0.15) is 32.0 Å². The number of hydrogen-bond donors (Lipinski definition) is 1. The van der Waals surface area contributed by atoms with Crippen molar-refractivity contribution in [2.24, 2.45) is 11.8 Å². The molecule has 0 saturated carbocycles. The van der Waals surface area contributed by atoms with Gasteiger partial charge in [-0.3, -0.25) is 14.3 Å². The zero-order valence-corrected chi connectivity index (χ0v) is 16.8. The average Bonchev–Trinajstić information content (AvgIpc) is 2.67. The number of nitrogens with zero attached hydrogens (tertiary/aromatic N) is 1. The smallest absolute Gasteiger partial charge is 0.330 e. The maximum Gasteiger partial charge on any atom is 0.330 e. The Morgan fingerprint density at radius 1 is 1.18 bits per heavy atom. The van der Waals surface area contributed by atoms with Gasteiger partial charge in [-0.1, -0.05) is 66.7 Å². The molecule has 0 fully saturated rings. The summed E-state index contributed by atoms with van der Waals surface area (Å²) in [5, 5.41) is 0. The highest BCUT2D eigenvalue weighted by atomic mass is 16.5. The molecule has 0 bridgehead atoms. The van der Waals surface area contributed by atoms with Gasteiger partial charge < -0.3 is 4.74 Å². The summed E-state index contributed by atoms with van der Waals surface area (Å²) >= 11 is 0. The van der Waals surface area contributed by atoms with Crippen LogP contribution in [0.15, 0.2) is 69.3 Å². The number of ether oxygens (including phenoxy) is 1. The molecule has 3 rings (SSSR count). The van der Waals surface area contributed by atoms with Gasteiger partial charge in [-0.05, 0) is 20.3 Å². The summed E-state index contributed by atoms with van der Waals surface area (Å²) in [7, 11) is 0. The van der Waals surface area contributed by atoms with Crippen LogP contribution >= 0.6 is 0 Å². The molecule has 1 aromatic rings. The summed E-state index contributed by atoms with van der Waals surface area (Å²) in [6, 6.07) is 0. The molecule has 28 heavy (non-hydrogen) atoms. The Bertz CT molecular complexity index is 982. The minimum Gasteiger partial charge on any atom is -0.357 e. The summed E-state index contributed by atoms with van der Waals surface area (Å²) in [4.78, 5) is 27.4. The van der Waals surface area contributed by atoms with Gasteiger partial charge in [-0.2, -0.15) is 0 Å². The molecule has 0 aromatic carbocycles. The molecule has 2 aliphatic rings. The second-order valence-corrected chi connectivity index (χ2v) is 7.42. The number of hydrogen-bond acceptors (Lipinski definition) is 3. The maximum atomic E-state index is 12.5. The van der Waals surface area contributed by atoms with E-state index in [0.717, 1.165) is 11.3 Å². The summed E-state index contributed by atoms with van der Waals surface area (Å²) in [6.45, 7) is 6.49. The topological polar surface area (TPSA) is 64.1 Å². The minimum atomic E-state index is -0.419. The van der Waals surface area contributed by atoms with Gasteiger partial charge in [0.25, 0.3) is 5.56 Å². The van der Waals surface area contributed by atoms with Gasteiger partial charge in [0.1, 0.15) is 6.73 Å². The molecular weight excluding hydrogens is 352 g/mol. The van der Waals surface area contributed by atoms with Crippen molar-refractivity contribution in [1.29, 1.82) is 0 Å². The molecule has 0 radical (unpaired) electrons. The third-order valence-electron chi connectivity index (χ3n) is 5.22. The third-order valence-corrected chi connectivity index (χ3v) is 5.22. The first-order valence-corrected chi connectivity index (χ1v) is 9.79. The first-order valence-electron chi connectivity index (χ1n) is 9.79.